The van der Waals surface area contributed by atoms with E-state index in [0.29, 0.717) is 16.8 Å². The summed E-state index contributed by atoms with van der Waals surface area (Å²) in [6.45, 7) is 6.35. The highest BCUT2D eigenvalue weighted by molar-refractivity contribution is 8.00. The largest absolute Gasteiger partial charge is 0.478 e. The van der Waals surface area contributed by atoms with Crippen molar-refractivity contribution in [1.29, 1.82) is 0 Å². The van der Waals surface area contributed by atoms with Crippen LogP contribution in [-0.2, 0) is 7.05 Å². The second-order valence-electron chi connectivity index (χ2n) is 4.88. The maximum absolute atomic E-state index is 11.3. The molecule has 0 bridgehead atoms. The van der Waals surface area contributed by atoms with Crippen molar-refractivity contribution in [2.24, 2.45) is 13.0 Å². The van der Waals surface area contributed by atoms with Crippen LogP contribution in [0.1, 0.15) is 31.1 Å². The van der Waals surface area contributed by atoms with Crippen LogP contribution in [0, 0.1) is 5.92 Å². The summed E-state index contributed by atoms with van der Waals surface area (Å²) in [5.74, 6) is -0.483. The molecule has 1 unspecified atom stereocenters. The fourth-order valence-electron chi connectivity index (χ4n) is 1.68. The number of hydrogen-bond acceptors (Lipinski definition) is 4. The van der Waals surface area contributed by atoms with E-state index in [9.17, 15) is 9.90 Å². The van der Waals surface area contributed by atoms with Crippen LogP contribution < -0.4 is 0 Å². The molecule has 0 saturated heterocycles. The third-order valence-electron chi connectivity index (χ3n) is 3.19. The van der Waals surface area contributed by atoms with Crippen LogP contribution >= 0.6 is 11.8 Å². The van der Waals surface area contributed by atoms with Crippen LogP contribution in [0.2, 0.25) is 0 Å². The first-order chi connectivity index (χ1) is 8.91. The number of fused-ring (bicyclic) bond motifs is 1. The van der Waals surface area contributed by atoms with Gasteiger partial charge in [0, 0.05) is 23.4 Å². The van der Waals surface area contributed by atoms with Gasteiger partial charge in [-0.3, -0.25) is 4.68 Å². The predicted octanol–water partition coefficient (Wildman–Crippen LogP) is 2.80. The third-order valence-corrected chi connectivity index (χ3v) is 4.78. The number of rotatable bonds is 4. The smallest absolute Gasteiger partial charge is 0.338 e. The Morgan fingerprint density at radius 3 is 2.63 bits per heavy atom. The molecule has 6 heteroatoms. The zero-order chi connectivity index (χ0) is 14.2. The molecule has 0 aliphatic carbocycles. The van der Waals surface area contributed by atoms with E-state index in [-0.39, 0.29) is 5.56 Å². The summed E-state index contributed by atoms with van der Waals surface area (Å²) >= 11 is 1.58. The minimum atomic E-state index is -0.947. The monoisotopic (exact) mass is 279 g/mol. The lowest BCUT2D eigenvalue weighted by Gasteiger charge is -2.16. The molecule has 1 atom stereocenters. The first-order valence-corrected chi connectivity index (χ1v) is 7.00. The van der Waals surface area contributed by atoms with Crippen LogP contribution in [0.4, 0.5) is 0 Å². The highest BCUT2D eigenvalue weighted by Crippen LogP contribution is 2.35. The third kappa shape index (κ3) is 2.58. The van der Waals surface area contributed by atoms with Crippen molar-refractivity contribution in [2.75, 3.05) is 0 Å². The zero-order valence-electron chi connectivity index (χ0n) is 11.4. The molecule has 0 fully saturated rings. The Morgan fingerprint density at radius 1 is 1.37 bits per heavy atom. The van der Waals surface area contributed by atoms with E-state index in [1.54, 1.807) is 29.7 Å². The number of carbonyl (C=O) groups is 1. The van der Waals surface area contributed by atoms with Gasteiger partial charge in [0.25, 0.3) is 0 Å². The summed E-state index contributed by atoms with van der Waals surface area (Å²) in [5.41, 5.74) is 0.960. The maximum atomic E-state index is 11.3. The van der Waals surface area contributed by atoms with Crippen molar-refractivity contribution in [2.45, 2.75) is 30.9 Å². The average molecular weight is 279 g/mol. The first-order valence-electron chi connectivity index (χ1n) is 6.12. The molecule has 0 aliphatic rings. The zero-order valence-corrected chi connectivity index (χ0v) is 12.2. The Morgan fingerprint density at radius 2 is 2.05 bits per heavy atom. The summed E-state index contributed by atoms with van der Waals surface area (Å²) in [6.07, 6.45) is 3.10. The molecule has 2 rings (SSSR count). The van der Waals surface area contributed by atoms with Crippen molar-refractivity contribution in [3.63, 3.8) is 0 Å². The van der Waals surface area contributed by atoms with Crippen LogP contribution in [0.3, 0.4) is 0 Å². The molecular formula is C13H17N3O2S. The number of nitrogens with zero attached hydrogens (tertiary/aromatic N) is 3. The minimum Gasteiger partial charge on any atom is -0.478 e. The molecular weight excluding hydrogens is 262 g/mol. The van der Waals surface area contributed by atoms with Gasteiger partial charge in [0.2, 0.25) is 0 Å². The van der Waals surface area contributed by atoms with Crippen molar-refractivity contribution >= 4 is 28.8 Å². The summed E-state index contributed by atoms with van der Waals surface area (Å²) in [5, 5.41) is 14.6. The van der Waals surface area contributed by atoms with Gasteiger partial charge in [-0.1, -0.05) is 20.8 Å². The number of hydrogen-bond donors (Lipinski definition) is 1. The number of aromatic carboxylic acids is 1. The highest BCUT2D eigenvalue weighted by atomic mass is 32.2. The van der Waals surface area contributed by atoms with E-state index >= 15 is 0 Å². The van der Waals surface area contributed by atoms with Gasteiger partial charge in [-0.25, -0.2) is 9.78 Å². The molecule has 2 aromatic heterocycles. The minimum absolute atomic E-state index is 0.248. The Kier molecular flexibility index (Phi) is 3.80. The number of aryl methyl sites for hydroxylation is 1. The molecule has 19 heavy (non-hydrogen) atoms. The molecule has 5 nitrogen and oxygen atoms in total. The SMILES string of the molecule is CC(C)C(C)Sc1c(C(=O)O)cnc2c1cnn2C. The molecule has 2 aromatic rings. The van der Waals surface area contributed by atoms with Gasteiger partial charge in [-0.2, -0.15) is 5.10 Å². The molecule has 0 amide bonds. The van der Waals surface area contributed by atoms with Gasteiger partial charge >= 0.3 is 5.97 Å². The number of thioether (sulfide) groups is 1. The average Bonchev–Trinajstić information content (AvgIpc) is 2.71. The van der Waals surface area contributed by atoms with Crippen molar-refractivity contribution in [3.8, 4) is 0 Å². The Hall–Kier alpha value is -1.56. The summed E-state index contributed by atoms with van der Waals surface area (Å²) in [4.78, 5) is 16.3. The first kappa shape index (κ1) is 13.9. The summed E-state index contributed by atoms with van der Waals surface area (Å²) in [6, 6.07) is 0. The van der Waals surface area contributed by atoms with E-state index in [1.807, 2.05) is 0 Å². The standard InChI is InChI=1S/C13H17N3O2S/c1-7(2)8(3)19-11-9-6-15-16(4)12(9)14-5-10(11)13(17)18/h5-8H,1-4H3,(H,17,18). The van der Waals surface area contributed by atoms with Crippen LogP contribution in [-0.4, -0.2) is 31.1 Å². The Labute approximate surface area is 116 Å². The predicted molar refractivity (Wildman–Crippen MR) is 75.6 cm³/mol. The normalized spacial score (nSPS) is 13.1. The van der Waals surface area contributed by atoms with Gasteiger partial charge in [-0.05, 0) is 5.92 Å². The van der Waals surface area contributed by atoms with Crippen molar-refractivity contribution in [1.82, 2.24) is 14.8 Å². The second-order valence-corrected chi connectivity index (χ2v) is 6.27. The molecule has 1 N–H and O–H groups in total. The van der Waals surface area contributed by atoms with E-state index < -0.39 is 5.97 Å². The van der Waals surface area contributed by atoms with Crippen LogP contribution in [0.15, 0.2) is 17.3 Å². The van der Waals surface area contributed by atoms with E-state index in [0.717, 1.165) is 10.3 Å². The second kappa shape index (κ2) is 5.21. The molecule has 0 aliphatic heterocycles. The summed E-state index contributed by atoms with van der Waals surface area (Å²) in [7, 11) is 1.80. The molecule has 0 radical (unpaired) electrons. The van der Waals surface area contributed by atoms with E-state index in [4.69, 9.17) is 0 Å². The lowest BCUT2D eigenvalue weighted by molar-refractivity contribution is 0.0693. The highest BCUT2D eigenvalue weighted by Gasteiger charge is 2.20. The maximum Gasteiger partial charge on any atom is 0.338 e. The molecule has 0 saturated carbocycles. The van der Waals surface area contributed by atoms with E-state index in [1.165, 1.54) is 6.20 Å². The van der Waals surface area contributed by atoms with Gasteiger partial charge in [-0.15, -0.1) is 11.8 Å². The number of carboxylic acid groups (broad SMARTS) is 1. The van der Waals surface area contributed by atoms with Crippen LogP contribution in [0.25, 0.3) is 11.0 Å². The summed E-state index contributed by atoms with van der Waals surface area (Å²) < 4.78 is 1.66. The molecule has 0 aromatic carbocycles. The molecule has 0 spiro atoms. The van der Waals surface area contributed by atoms with Gasteiger partial charge < -0.3 is 5.11 Å². The van der Waals surface area contributed by atoms with Gasteiger partial charge in [0.1, 0.15) is 0 Å². The Balaban J connectivity index is 2.59. The van der Waals surface area contributed by atoms with Gasteiger partial charge in [0.15, 0.2) is 5.65 Å². The van der Waals surface area contributed by atoms with E-state index in [2.05, 4.69) is 30.9 Å². The molecule has 102 valence electrons. The topological polar surface area (TPSA) is 68.0 Å². The number of aromatic nitrogens is 3. The quantitative estimate of drug-likeness (QED) is 0.872. The van der Waals surface area contributed by atoms with Crippen LogP contribution in [0.5, 0.6) is 0 Å². The van der Waals surface area contributed by atoms with Crippen molar-refractivity contribution in [3.05, 3.63) is 18.0 Å². The lowest BCUT2D eigenvalue weighted by Crippen LogP contribution is -2.08. The molecule has 2 heterocycles. The number of pyridine rings is 1. The Bertz CT molecular complexity index is 622. The number of carboxylic acids is 1. The van der Waals surface area contributed by atoms with Gasteiger partial charge in [0.05, 0.1) is 17.1 Å². The fourth-order valence-corrected chi connectivity index (χ4v) is 2.86. The van der Waals surface area contributed by atoms with Crippen molar-refractivity contribution < 1.29 is 9.90 Å². The fraction of sp³-hybridized carbons (Fsp3) is 0.462. The lowest BCUT2D eigenvalue weighted by atomic mass is 10.2.